The minimum atomic E-state index is -0.131. The molecule has 6 heteroatoms. The van der Waals surface area contributed by atoms with Crippen LogP contribution in [0.25, 0.3) is 0 Å². The van der Waals surface area contributed by atoms with Crippen molar-refractivity contribution >= 4 is 17.2 Å². The molecule has 0 radical (unpaired) electrons. The van der Waals surface area contributed by atoms with E-state index >= 15 is 0 Å². The van der Waals surface area contributed by atoms with Crippen LogP contribution in [0.15, 0.2) is 40.3 Å². The van der Waals surface area contributed by atoms with Crippen molar-refractivity contribution in [1.29, 1.82) is 0 Å². The Morgan fingerprint density at radius 1 is 1.19 bits per heavy atom. The van der Waals surface area contributed by atoms with Gasteiger partial charge in [0.1, 0.15) is 5.82 Å². The number of hydrogen-bond acceptors (Lipinski definition) is 6. The molecule has 1 aliphatic heterocycles. The number of thiophene rings is 1. The van der Waals surface area contributed by atoms with Gasteiger partial charge in [0.05, 0.1) is 5.41 Å². The Labute approximate surface area is 163 Å². The molecule has 1 saturated heterocycles. The summed E-state index contributed by atoms with van der Waals surface area (Å²) >= 11 is 1.85. The van der Waals surface area contributed by atoms with E-state index in [1.165, 1.54) is 23.3 Å². The van der Waals surface area contributed by atoms with Crippen molar-refractivity contribution < 1.29 is 4.42 Å². The molecule has 0 N–H and O–H groups in total. The number of anilines is 1. The zero-order chi connectivity index (χ0) is 18.3. The molecule has 3 aromatic rings. The van der Waals surface area contributed by atoms with Crippen molar-refractivity contribution in [3.05, 3.63) is 58.1 Å². The lowest BCUT2D eigenvalue weighted by molar-refractivity contribution is 0.318. The minimum Gasteiger partial charge on any atom is -0.424 e. The van der Waals surface area contributed by atoms with Crippen LogP contribution in [-0.2, 0) is 11.8 Å². The summed E-state index contributed by atoms with van der Waals surface area (Å²) in [6, 6.07) is 8.32. The summed E-state index contributed by atoms with van der Waals surface area (Å²) in [6.07, 6.45) is 7.35. The molecule has 1 atom stereocenters. The van der Waals surface area contributed by atoms with Crippen LogP contribution in [0.1, 0.15) is 60.7 Å². The van der Waals surface area contributed by atoms with E-state index in [9.17, 15) is 0 Å². The predicted molar refractivity (Wildman–Crippen MR) is 106 cm³/mol. The number of piperidine rings is 1. The van der Waals surface area contributed by atoms with Gasteiger partial charge in [0, 0.05) is 30.1 Å². The maximum absolute atomic E-state index is 6.28. The van der Waals surface area contributed by atoms with Gasteiger partial charge in [-0.2, -0.15) is 0 Å². The van der Waals surface area contributed by atoms with Crippen LogP contribution in [0.5, 0.6) is 0 Å². The first-order valence-corrected chi connectivity index (χ1v) is 10.7. The van der Waals surface area contributed by atoms with Gasteiger partial charge in [0.25, 0.3) is 0 Å². The Morgan fingerprint density at radius 3 is 2.89 bits per heavy atom. The Balaban J connectivity index is 1.33. The van der Waals surface area contributed by atoms with E-state index in [0.29, 0.717) is 5.92 Å². The number of fused-ring (bicyclic) bond motifs is 1. The first-order chi connectivity index (χ1) is 13.2. The monoisotopic (exact) mass is 380 g/mol. The van der Waals surface area contributed by atoms with E-state index in [4.69, 9.17) is 4.42 Å². The quantitative estimate of drug-likeness (QED) is 0.667. The fourth-order valence-corrected chi connectivity index (χ4v) is 5.55. The topological polar surface area (TPSA) is 55.1 Å². The molecule has 1 unspecified atom stereocenters. The van der Waals surface area contributed by atoms with Gasteiger partial charge in [-0.25, -0.2) is 4.98 Å². The molecule has 5 rings (SSSR count). The molecule has 140 valence electrons. The molecule has 1 fully saturated rings. The molecule has 3 aromatic heterocycles. The molecule has 0 bridgehead atoms. The van der Waals surface area contributed by atoms with E-state index in [0.717, 1.165) is 50.0 Å². The fourth-order valence-electron chi connectivity index (χ4n) is 4.50. The zero-order valence-electron chi connectivity index (χ0n) is 15.6. The number of rotatable bonds is 3. The third-order valence-electron chi connectivity index (χ3n) is 6.15. The largest absolute Gasteiger partial charge is 0.424 e. The molecule has 27 heavy (non-hydrogen) atoms. The van der Waals surface area contributed by atoms with Gasteiger partial charge in [-0.15, -0.1) is 21.5 Å². The normalized spacial score (nSPS) is 23.4. The van der Waals surface area contributed by atoms with Crippen molar-refractivity contribution in [1.82, 2.24) is 15.2 Å². The lowest BCUT2D eigenvalue weighted by Crippen LogP contribution is -2.33. The van der Waals surface area contributed by atoms with Crippen molar-refractivity contribution in [2.45, 2.75) is 50.4 Å². The summed E-state index contributed by atoms with van der Waals surface area (Å²) in [5.41, 5.74) is 1.26. The van der Waals surface area contributed by atoms with E-state index < -0.39 is 0 Å². The van der Waals surface area contributed by atoms with Gasteiger partial charge in [0.15, 0.2) is 0 Å². The standard InChI is InChI=1S/C21H24N4OS/c1-21(10-4-5-17-16(21)9-14-27-17)20-24-23-19(26-20)15-7-12-25(13-8-15)18-6-2-3-11-22-18/h2-3,6,9,11,14-15H,4-5,7-8,10,12-13H2,1H3. The minimum absolute atomic E-state index is 0.131. The zero-order valence-corrected chi connectivity index (χ0v) is 16.4. The smallest absolute Gasteiger partial charge is 0.226 e. The number of aromatic nitrogens is 3. The van der Waals surface area contributed by atoms with Crippen molar-refractivity contribution in [3.63, 3.8) is 0 Å². The van der Waals surface area contributed by atoms with Crippen molar-refractivity contribution in [2.75, 3.05) is 18.0 Å². The number of hydrogen-bond donors (Lipinski definition) is 0. The highest BCUT2D eigenvalue weighted by molar-refractivity contribution is 7.10. The summed E-state index contributed by atoms with van der Waals surface area (Å²) in [7, 11) is 0. The van der Waals surface area contributed by atoms with Crippen LogP contribution in [-0.4, -0.2) is 28.3 Å². The lowest BCUT2D eigenvalue weighted by atomic mass is 9.74. The highest BCUT2D eigenvalue weighted by atomic mass is 32.1. The second kappa shape index (κ2) is 6.75. The van der Waals surface area contributed by atoms with E-state index in [2.05, 4.69) is 44.5 Å². The number of aryl methyl sites for hydroxylation is 1. The maximum atomic E-state index is 6.28. The molecule has 4 heterocycles. The Kier molecular flexibility index (Phi) is 4.23. The number of nitrogens with zero attached hydrogens (tertiary/aromatic N) is 4. The Morgan fingerprint density at radius 2 is 2.07 bits per heavy atom. The first-order valence-electron chi connectivity index (χ1n) is 9.81. The van der Waals surface area contributed by atoms with Gasteiger partial charge in [0.2, 0.25) is 11.8 Å². The molecule has 0 spiro atoms. The van der Waals surface area contributed by atoms with Crippen molar-refractivity contribution in [2.24, 2.45) is 0 Å². The average molecular weight is 381 g/mol. The Hall–Kier alpha value is -2.21. The summed E-state index contributed by atoms with van der Waals surface area (Å²) in [6.45, 7) is 4.22. The van der Waals surface area contributed by atoms with Crippen LogP contribution in [0.3, 0.4) is 0 Å². The molecular weight excluding hydrogens is 356 g/mol. The van der Waals surface area contributed by atoms with Crippen molar-refractivity contribution in [3.8, 4) is 0 Å². The van der Waals surface area contributed by atoms with Gasteiger partial charge in [-0.1, -0.05) is 6.07 Å². The van der Waals surface area contributed by atoms with Gasteiger partial charge >= 0.3 is 0 Å². The summed E-state index contributed by atoms with van der Waals surface area (Å²) < 4.78 is 6.28. The summed E-state index contributed by atoms with van der Waals surface area (Å²) in [4.78, 5) is 8.29. The number of pyridine rings is 1. The molecule has 5 nitrogen and oxygen atoms in total. The molecular formula is C21H24N4OS. The highest BCUT2D eigenvalue weighted by Crippen LogP contribution is 2.44. The lowest BCUT2D eigenvalue weighted by Gasteiger charge is -2.32. The van der Waals surface area contributed by atoms with E-state index in [1.54, 1.807) is 0 Å². The van der Waals surface area contributed by atoms with Crippen LogP contribution < -0.4 is 4.90 Å². The van der Waals surface area contributed by atoms with E-state index in [-0.39, 0.29) is 5.41 Å². The van der Waals surface area contributed by atoms with Crippen LogP contribution in [0.4, 0.5) is 5.82 Å². The molecule has 0 saturated carbocycles. The fraction of sp³-hybridized carbons (Fsp3) is 0.476. The van der Waals surface area contributed by atoms with Gasteiger partial charge < -0.3 is 9.32 Å². The summed E-state index contributed by atoms with van der Waals surface area (Å²) in [5.74, 6) is 3.01. The van der Waals surface area contributed by atoms with Crippen LogP contribution in [0, 0.1) is 0 Å². The van der Waals surface area contributed by atoms with Crippen LogP contribution >= 0.6 is 11.3 Å². The highest BCUT2D eigenvalue weighted by Gasteiger charge is 2.40. The molecule has 1 aliphatic carbocycles. The first kappa shape index (κ1) is 16.9. The molecule has 2 aliphatic rings. The maximum Gasteiger partial charge on any atom is 0.226 e. The van der Waals surface area contributed by atoms with Gasteiger partial charge in [-0.3, -0.25) is 0 Å². The molecule has 0 aromatic carbocycles. The third-order valence-corrected chi connectivity index (χ3v) is 7.13. The summed E-state index contributed by atoms with van der Waals surface area (Å²) in [5, 5.41) is 11.2. The second-order valence-corrected chi connectivity index (χ2v) is 8.84. The molecule has 0 amide bonds. The van der Waals surface area contributed by atoms with Gasteiger partial charge in [-0.05, 0) is 68.2 Å². The van der Waals surface area contributed by atoms with E-state index in [1.807, 2.05) is 29.7 Å². The third kappa shape index (κ3) is 2.96. The Bertz CT molecular complexity index is 913. The van der Waals surface area contributed by atoms with Crippen LogP contribution in [0.2, 0.25) is 0 Å². The predicted octanol–water partition coefficient (Wildman–Crippen LogP) is 4.55. The SMILES string of the molecule is CC1(c2nnc(C3CCN(c4ccccn4)CC3)o2)CCCc2sccc21. The second-order valence-electron chi connectivity index (χ2n) is 7.84. The average Bonchev–Trinajstić information content (AvgIpc) is 3.40.